The standard InChI is InChI=1S/C27H42N2O5S/c1-15-9-8-10-20-21(29(20)7)12-22(16(2)11-19-14-35-18(4)28-19)34-24(31)13-23(30)27(5,6)26(33)17(3)25(15)32/h11,14-15,17,20-23,25,30,32H,8-10,12-13H2,1-7H3/t15-,17+,20+,21+,22-,23-,25-,29?/m1/s1. The van der Waals surface area contributed by atoms with Gasteiger partial charge in [-0.25, -0.2) is 4.98 Å². The van der Waals surface area contributed by atoms with E-state index in [4.69, 9.17) is 4.74 Å². The number of aliphatic hydroxyl groups is 2. The van der Waals surface area contributed by atoms with Crippen molar-refractivity contribution in [2.45, 2.75) is 104 Å². The summed E-state index contributed by atoms with van der Waals surface area (Å²) in [7, 11) is 2.09. The lowest BCUT2D eigenvalue weighted by Crippen LogP contribution is -2.45. The van der Waals surface area contributed by atoms with E-state index in [9.17, 15) is 19.8 Å². The maximum atomic E-state index is 13.2. The summed E-state index contributed by atoms with van der Waals surface area (Å²) in [6, 6.07) is 0.717. The van der Waals surface area contributed by atoms with Gasteiger partial charge in [0, 0.05) is 29.8 Å². The van der Waals surface area contributed by atoms with Crippen LogP contribution in [0.4, 0.5) is 0 Å². The number of aryl methyl sites for hydroxylation is 1. The molecule has 8 heteroatoms. The number of ketones is 1. The number of likely N-dealkylation sites (N-methyl/N-ethyl adjacent to an activating group) is 1. The molecule has 0 amide bonds. The second kappa shape index (κ2) is 11.2. The Bertz CT molecular complexity index is 942. The van der Waals surface area contributed by atoms with Crippen molar-refractivity contribution in [3.8, 4) is 0 Å². The molecule has 2 aliphatic heterocycles. The Morgan fingerprint density at radius 3 is 2.54 bits per heavy atom. The second-order valence-electron chi connectivity index (χ2n) is 11.2. The Morgan fingerprint density at radius 2 is 1.91 bits per heavy atom. The molecule has 2 fully saturated rings. The van der Waals surface area contributed by atoms with Gasteiger partial charge in [0.05, 0.1) is 34.7 Å². The molecule has 196 valence electrons. The number of cyclic esters (lactones) is 1. The zero-order chi connectivity index (χ0) is 26.1. The van der Waals surface area contributed by atoms with Crippen LogP contribution < -0.4 is 0 Å². The summed E-state index contributed by atoms with van der Waals surface area (Å²) < 4.78 is 5.92. The van der Waals surface area contributed by atoms with Gasteiger partial charge < -0.3 is 14.9 Å². The predicted molar refractivity (Wildman–Crippen MR) is 138 cm³/mol. The number of ether oxygens (including phenoxy) is 1. The number of fused-ring (bicyclic) bond motifs is 1. The van der Waals surface area contributed by atoms with Gasteiger partial charge in [-0.05, 0) is 51.3 Å². The van der Waals surface area contributed by atoms with Crippen LogP contribution in [0.1, 0.15) is 77.4 Å². The van der Waals surface area contributed by atoms with Crippen molar-refractivity contribution >= 4 is 29.2 Å². The minimum absolute atomic E-state index is 0.0261. The van der Waals surface area contributed by atoms with E-state index < -0.39 is 35.6 Å². The van der Waals surface area contributed by atoms with E-state index in [0.29, 0.717) is 18.5 Å². The fraction of sp³-hybridized carbons (Fsp3) is 0.741. The molecule has 0 saturated carbocycles. The molecule has 2 N–H and O–H groups in total. The number of aromatic nitrogens is 1. The lowest BCUT2D eigenvalue weighted by Gasteiger charge is -2.34. The number of carbonyl (C=O) groups is 2. The van der Waals surface area contributed by atoms with Crippen LogP contribution >= 0.6 is 11.3 Å². The van der Waals surface area contributed by atoms with Crippen molar-refractivity contribution in [2.24, 2.45) is 17.3 Å². The molecule has 1 aromatic heterocycles. The molecule has 3 rings (SSSR count). The molecular weight excluding hydrogens is 464 g/mol. The summed E-state index contributed by atoms with van der Waals surface area (Å²) in [5, 5.41) is 24.7. The van der Waals surface area contributed by atoms with Gasteiger partial charge in [0.2, 0.25) is 0 Å². The number of Topliss-reactive ketones (excluding diaryl/α,β-unsaturated/α-hetero) is 1. The molecule has 8 atom stereocenters. The Balaban J connectivity index is 1.85. The summed E-state index contributed by atoms with van der Waals surface area (Å²) in [5.74, 6) is -1.42. The van der Waals surface area contributed by atoms with E-state index in [1.165, 1.54) is 0 Å². The predicted octanol–water partition coefficient (Wildman–Crippen LogP) is 4.00. The normalized spacial score (nSPS) is 37.5. The number of aliphatic hydroxyl groups excluding tert-OH is 2. The first-order valence-electron chi connectivity index (χ1n) is 12.7. The van der Waals surface area contributed by atoms with E-state index in [-0.39, 0.29) is 18.1 Å². The quantitative estimate of drug-likeness (QED) is 0.462. The molecule has 0 aliphatic carbocycles. The number of rotatable bonds is 2. The fourth-order valence-corrected chi connectivity index (χ4v) is 5.92. The highest BCUT2D eigenvalue weighted by molar-refractivity contribution is 7.09. The SMILES string of the molecule is CC(=Cc1csc(C)n1)[C@H]1C[C@H]2[C@H](CCC[C@@H](C)[C@@H](O)[C@H](C)C(=O)C(C)(C)[C@H](O)CC(=O)O1)N2C. The van der Waals surface area contributed by atoms with Gasteiger partial charge in [0.15, 0.2) is 0 Å². The van der Waals surface area contributed by atoms with E-state index in [1.807, 2.05) is 32.2 Å². The first kappa shape index (κ1) is 28.0. The van der Waals surface area contributed by atoms with Gasteiger partial charge >= 0.3 is 5.97 Å². The molecule has 0 radical (unpaired) electrons. The highest BCUT2D eigenvalue weighted by Gasteiger charge is 2.46. The lowest BCUT2D eigenvalue weighted by atomic mass is 9.73. The van der Waals surface area contributed by atoms with Crippen LogP contribution in [0, 0.1) is 24.2 Å². The third-order valence-corrected chi connectivity index (χ3v) is 8.94. The number of thiazole rings is 1. The van der Waals surface area contributed by atoms with Crippen molar-refractivity contribution in [1.82, 2.24) is 9.88 Å². The largest absolute Gasteiger partial charge is 0.458 e. The molecule has 35 heavy (non-hydrogen) atoms. The third-order valence-electron chi connectivity index (χ3n) is 8.15. The number of hydrogen-bond donors (Lipinski definition) is 2. The average molecular weight is 507 g/mol. The average Bonchev–Trinajstić information content (AvgIpc) is 3.18. The topological polar surface area (TPSA) is 99.7 Å². The van der Waals surface area contributed by atoms with Crippen LogP contribution in [0.5, 0.6) is 0 Å². The molecular formula is C27H42N2O5S. The van der Waals surface area contributed by atoms with E-state index in [2.05, 4.69) is 16.9 Å². The zero-order valence-electron chi connectivity index (χ0n) is 22.2. The van der Waals surface area contributed by atoms with Crippen LogP contribution in [0.2, 0.25) is 0 Å². The first-order valence-corrected chi connectivity index (χ1v) is 13.6. The molecule has 1 aromatic rings. The van der Waals surface area contributed by atoms with Crippen LogP contribution in [0.25, 0.3) is 6.08 Å². The van der Waals surface area contributed by atoms with E-state index >= 15 is 0 Å². The highest BCUT2D eigenvalue weighted by Crippen LogP contribution is 2.38. The van der Waals surface area contributed by atoms with Crippen LogP contribution in [-0.2, 0) is 14.3 Å². The van der Waals surface area contributed by atoms with E-state index in [1.54, 1.807) is 32.1 Å². The third kappa shape index (κ3) is 6.59. The molecule has 0 aromatic carbocycles. The van der Waals surface area contributed by atoms with Crippen molar-refractivity contribution in [3.05, 3.63) is 21.7 Å². The second-order valence-corrected chi connectivity index (χ2v) is 12.2. The molecule has 2 aliphatic rings. The Kier molecular flexibility index (Phi) is 8.95. The molecule has 0 bridgehead atoms. The molecule has 0 spiro atoms. The minimum Gasteiger partial charge on any atom is -0.458 e. The van der Waals surface area contributed by atoms with Crippen LogP contribution in [0.3, 0.4) is 0 Å². The molecule has 2 saturated heterocycles. The van der Waals surface area contributed by atoms with Crippen LogP contribution in [0.15, 0.2) is 11.0 Å². The van der Waals surface area contributed by atoms with Gasteiger partial charge in [-0.15, -0.1) is 11.3 Å². The number of carbonyl (C=O) groups excluding carboxylic acids is 2. The van der Waals surface area contributed by atoms with Gasteiger partial charge in [0.1, 0.15) is 11.9 Å². The van der Waals surface area contributed by atoms with E-state index in [0.717, 1.165) is 35.5 Å². The smallest absolute Gasteiger partial charge is 0.309 e. The number of hydrogen-bond acceptors (Lipinski definition) is 8. The number of nitrogens with zero attached hydrogens (tertiary/aromatic N) is 2. The summed E-state index contributed by atoms with van der Waals surface area (Å²) in [6.45, 7) is 10.9. The summed E-state index contributed by atoms with van der Waals surface area (Å²) in [4.78, 5) is 33.0. The number of esters is 1. The van der Waals surface area contributed by atoms with Crippen molar-refractivity contribution in [2.75, 3.05) is 7.05 Å². The molecule has 7 nitrogen and oxygen atoms in total. The van der Waals surface area contributed by atoms with Crippen molar-refractivity contribution in [1.29, 1.82) is 0 Å². The molecule has 1 unspecified atom stereocenters. The summed E-state index contributed by atoms with van der Waals surface area (Å²) >= 11 is 1.58. The monoisotopic (exact) mass is 506 g/mol. The van der Waals surface area contributed by atoms with Gasteiger partial charge in [0.25, 0.3) is 0 Å². The van der Waals surface area contributed by atoms with Gasteiger partial charge in [-0.1, -0.05) is 34.1 Å². The Labute approximate surface area is 213 Å². The molecule has 3 heterocycles. The highest BCUT2D eigenvalue weighted by atomic mass is 32.1. The Hall–Kier alpha value is -1.61. The van der Waals surface area contributed by atoms with Crippen molar-refractivity contribution < 1.29 is 24.5 Å². The van der Waals surface area contributed by atoms with Crippen LogP contribution in [-0.4, -0.2) is 69.3 Å². The van der Waals surface area contributed by atoms with Gasteiger partial charge in [-0.3, -0.25) is 14.5 Å². The van der Waals surface area contributed by atoms with Gasteiger partial charge in [-0.2, -0.15) is 0 Å². The lowest BCUT2D eigenvalue weighted by molar-refractivity contribution is -0.154. The summed E-state index contributed by atoms with van der Waals surface area (Å²) in [6.07, 6.45) is 2.72. The summed E-state index contributed by atoms with van der Waals surface area (Å²) in [5.41, 5.74) is 0.581. The maximum Gasteiger partial charge on any atom is 0.309 e. The fourth-order valence-electron chi connectivity index (χ4n) is 5.35. The first-order chi connectivity index (χ1) is 16.3. The maximum absolute atomic E-state index is 13.2. The Morgan fingerprint density at radius 1 is 1.23 bits per heavy atom. The zero-order valence-corrected chi connectivity index (χ0v) is 23.0. The van der Waals surface area contributed by atoms with Crippen molar-refractivity contribution in [3.63, 3.8) is 0 Å². The minimum atomic E-state index is -1.21.